The monoisotopic (exact) mass is 1420 g/mol. The molecule has 0 saturated heterocycles. The second kappa shape index (κ2) is 40.2. The average molecular weight is 1430 g/mol. The lowest BCUT2D eigenvalue weighted by Gasteiger charge is -2.01. The molecule has 0 atom stereocenters. The Hall–Kier alpha value is -7.15. The van der Waals surface area contributed by atoms with Crippen molar-refractivity contribution in [2.75, 3.05) is 0 Å². The predicted molar refractivity (Wildman–Crippen MR) is 352 cm³/mol. The van der Waals surface area contributed by atoms with Crippen molar-refractivity contribution in [1.82, 2.24) is 0 Å². The van der Waals surface area contributed by atoms with Gasteiger partial charge in [0.05, 0.1) is 0 Å². The second-order valence-corrected chi connectivity index (χ2v) is 26.1. The zero-order valence-corrected chi connectivity index (χ0v) is 52.7. The van der Waals surface area contributed by atoms with Crippen LogP contribution >= 0.6 is 89.5 Å². The molecular formula is C69H48AlBr3Cl4F4O4. The van der Waals surface area contributed by atoms with Crippen molar-refractivity contribution >= 4 is 124 Å². The van der Waals surface area contributed by atoms with Gasteiger partial charge in [0.25, 0.3) is 5.24 Å². The predicted octanol–water partition coefficient (Wildman–Crippen LogP) is 20.7. The van der Waals surface area contributed by atoms with Crippen LogP contribution in [0.25, 0.3) is 0 Å². The molecule has 16 heteroatoms. The van der Waals surface area contributed by atoms with Crippen LogP contribution in [-0.2, 0) is 0 Å². The smallest absolute Gasteiger partial charge is 0.289 e. The van der Waals surface area contributed by atoms with Crippen molar-refractivity contribution < 1.29 is 36.7 Å². The highest BCUT2D eigenvalue weighted by Crippen LogP contribution is 2.18. The molecular weight excluding hydrogens is 1380 g/mol. The van der Waals surface area contributed by atoms with Crippen LogP contribution in [-0.4, -0.2) is 34.0 Å². The molecule has 0 spiro atoms. The molecule has 10 aromatic carbocycles. The van der Waals surface area contributed by atoms with Crippen molar-refractivity contribution in [3.63, 3.8) is 0 Å². The highest BCUT2D eigenvalue weighted by molar-refractivity contribution is 9.11. The summed E-state index contributed by atoms with van der Waals surface area (Å²) in [5.74, 6) is 7.11. The number of terminal acetylenes is 1. The summed E-state index contributed by atoms with van der Waals surface area (Å²) in [7, 11) is 14.8. The van der Waals surface area contributed by atoms with E-state index in [1.807, 2.05) is 72.8 Å². The Morgan fingerprint density at radius 2 is 0.541 bits per heavy atom. The van der Waals surface area contributed by atoms with Crippen molar-refractivity contribution in [3.8, 4) is 24.2 Å². The molecule has 0 N–H and O–H groups in total. The Morgan fingerprint density at radius 1 is 0.329 bits per heavy atom. The summed E-state index contributed by atoms with van der Waals surface area (Å²) < 4.78 is 53.0. The van der Waals surface area contributed by atoms with Crippen molar-refractivity contribution in [2.45, 2.75) is 7.43 Å². The van der Waals surface area contributed by atoms with Crippen LogP contribution in [0.15, 0.2) is 274 Å². The van der Waals surface area contributed by atoms with Gasteiger partial charge in [0.1, 0.15) is 23.3 Å². The summed E-state index contributed by atoms with van der Waals surface area (Å²) in [6, 6.07) is 72.0. The molecule has 0 amide bonds. The third-order valence-corrected chi connectivity index (χ3v) is 12.4. The number of ketones is 3. The van der Waals surface area contributed by atoms with Crippen molar-refractivity contribution in [1.29, 1.82) is 0 Å². The van der Waals surface area contributed by atoms with Crippen LogP contribution in [0.5, 0.6) is 0 Å². The average Bonchev–Trinajstić information content (AvgIpc) is 3.61. The quantitative estimate of drug-likeness (QED) is 0.0524. The minimum absolute atomic E-state index is 0. The maximum Gasteiger partial charge on any atom is 0.643 e. The first-order valence-electron chi connectivity index (χ1n) is 24.5. The van der Waals surface area contributed by atoms with Crippen molar-refractivity contribution in [3.05, 3.63) is 353 Å². The number of rotatable bonds is 7. The zero-order chi connectivity index (χ0) is 61.2. The third-order valence-electron chi connectivity index (χ3n) is 10.5. The summed E-state index contributed by atoms with van der Waals surface area (Å²) in [6.45, 7) is 0. The van der Waals surface area contributed by atoms with Gasteiger partial charge in [0.2, 0.25) is 0 Å². The van der Waals surface area contributed by atoms with Gasteiger partial charge >= 0.3 is 11.4 Å². The summed E-state index contributed by atoms with van der Waals surface area (Å²) in [4.78, 5) is 46.7. The fraction of sp³-hybridized carbons (Fsp3) is 0.0145. The molecule has 0 bridgehead atoms. The highest BCUT2D eigenvalue weighted by Gasteiger charge is 2.11. The van der Waals surface area contributed by atoms with Crippen LogP contribution in [0, 0.1) is 47.5 Å². The van der Waals surface area contributed by atoms with Crippen molar-refractivity contribution in [2.24, 2.45) is 0 Å². The Kier molecular flexibility index (Phi) is 34.1. The van der Waals surface area contributed by atoms with E-state index < -0.39 is 16.6 Å². The van der Waals surface area contributed by atoms with E-state index in [-0.39, 0.29) is 48.0 Å². The van der Waals surface area contributed by atoms with E-state index in [1.54, 1.807) is 103 Å². The van der Waals surface area contributed by atoms with E-state index >= 15 is 0 Å². The molecule has 0 heterocycles. The number of carbonyl (C=O) groups is 4. The molecule has 0 aliphatic carbocycles. The van der Waals surface area contributed by atoms with E-state index in [2.05, 4.69) is 65.6 Å². The lowest BCUT2D eigenvalue weighted by atomic mass is 10.0. The molecule has 4 nitrogen and oxygen atoms in total. The van der Waals surface area contributed by atoms with E-state index in [1.165, 1.54) is 84.9 Å². The minimum atomic E-state index is -1.72. The molecule has 0 aliphatic rings. The molecule has 10 rings (SSSR count). The lowest BCUT2D eigenvalue weighted by molar-refractivity contribution is 0.103. The van der Waals surface area contributed by atoms with Gasteiger partial charge in [0, 0.05) is 69.1 Å². The molecule has 0 fully saturated rings. The summed E-state index contributed by atoms with van der Waals surface area (Å²) in [6.07, 6.45) is 5.10. The lowest BCUT2D eigenvalue weighted by Crippen LogP contribution is -2.01. The Labute approximate surface area is 540 Å². The van der Waals surface area contributed by atoms with Gasteiger partial charge in [-0.25, -0.2) is 47.7 Å². The molecule has 85 heavy (non-hydrogen) atoms. The van der Waals surface area contributed by atoms with E-state index in [4.69, 9.17) is 48.2 Å². The third kappa shape index (κ3) is 29.0. The maximum absolute atomic E-state index is 12.9. The number of halogens is 11. The van der Waals surface area contributed by atoms with Gasteiger partial charge in [-0.1, -0.05) is 128 Å². The Balaban J connectivity index is 0.000000274. The first-order chi connectivity index (χ1) is 40.3. The van der Waals surface area contributed by atoms with Crippen LogP contribution in [0.4, 0.5) is 17.6 Å². The molecule has 0 radical (unpaired) electrons. The minimum Gasteiger partial charge on any atom is -0.289 e. The fourth-order valence-electron chi connectivity index (χ4n) is 6.41. The van der Waals surface area contributed by atoms with Crippen LogP contribution in [0.2, 0.25) is 0 Å². The topological polar surface area (TPSA) is 68.3 Å². The number of hydrogen-bond acceptors (Lipinski definition) is 4. The normalized spacial score (nSPS) is 9.34. The zero-order valence-electron chi connectivity index (χ0n) is 43.8. The molecule has 428 valence electrons. The number of carbonyl (C=O) groups excluding carboxylic acids is 4. The van der Waals surface area contributed by atoms with Crippen LogP contribution in [0.3, 0.4) is 0 Å². The summed E-state index contributed by atoms with van der Waals surface area (Å²) >= 11 is 13.3. The molecule has 0 aromatic heterocycles. The van der Waals surface area contributed by atoms with Gasteiger partial charge in [-0.05, 0) is 218 Å². The van der Waals surface area contributed by atoms with Crippen LogP contribution < -0.4 is 0 Å². The Morgan fingerprint density at radius 3 is 0.776 bits per heavy atom. The molecule has 10 aromatic rings. The first kappa shape index (κ1) is 72.1. The van der Waals surface area contributed by atoms with E-state index in [0.717, 1.165) is 30.1 Å². The molecule has 0 aliphatic heterocycles. The number of benzene rings is 10. The van der Waals surface area contributed by atoms with Gasteiger partial charge in [-0.15, -0.1) is 6.42 Å². The van der Waals surface area contributed by atoms with Gasteiger partial charge in [-0.2, -0.15) is 0 Å². The molecule has 0 unspecified atom stereocenters. The van der Waals surface area contributed by atoms with E-state index in [9.17, 15) is 36.7 Å². The summed E-state index contributed by atoms with van der Waals surface area (Å²) in [5, 5.41) is -0.424. The largest absolute Gasteiger partial charge is 0.643 e. The fourth-order valence-corrected chi connectivity index (χ4v) is 7.33. The Bertz CT molecular complexity index is 3530. The van der Waals surface area contributed by atoms with Gasteiger partial charge < -0.3 is 0 Å². The summed E-state index contributed by atoms with van der Waals surface area (Å²) in [5.41, 5.74) is 6.43. The molecule has 0 saturated carbocycles. The number of hydrogen-bond donors (Lipinski definition) is 0. The van der Waals surface area contributed by atoms with Gasteiger partial charge in [0.15, 0.2) is 17.3 Å². The standard InChI is InChI=1S/C21H13FO.2C13H8BrFO.C8H6.C7H4BrClO.C6H5F.CH4.Al.3ClH/c22-20-14-12-19(13-15-20)21(23)18-10-8-17(9-11-18)7-6-16-4-2-1-3-5-16;2*14-11-5-1-9(2-6-11)13(16)10-3-7-12(15)8-4-10;1-2-8-6-4-3-5-7-8;8-6-3-1-5(2-4-6)7(9)10;7-6-4-2-1-3-5-6;;;;;/h1-5,8-15H;2*1-8H;1,3-7H;1-4H;1-5H;1H4;;3*1H/q;;;;;;;+3;;;/p-3. The van der Waals surface area contributed by atoms with E-state index in [0.29, 0.717) is 38.9 Å². The van der Waals surface area contributed by atoms with Crippen LogP contribution in [0.1, 0.15) is 82.2 Å². The van der Waals surface area contributed by atoms with Gasteiger partial charge in [-0.3, -0.25) is 19.2 Å². The highest BCUT2D eigenvalue weighted by atomic mass is 79.9. The maximum atomic E-state index is 12.9. The second-order valence-electron chi connectivity index (χ2n) is 16.5. The SMILES string of the molecule is C.C#Cc1ccccc1.Fc1ccccc1.O=C(Cl)c1ccc(Br)cc1.O=C(c1ccc(F)cc1)c1ccc(Br)cc1.O=C(c1ccc(F)cc1)c1ccc(Br)cc1.O=C(c1ccc(F)cc1)c1ccc(C#Cc2ccccc2)cc1.[Cl][Al]([Cl])[Cl]. The first-order valence-corrected chi connectivity index (χ1v) is 32.5.